The summed E-state index contributed by atoms with van der Waals surface area (Å²) >= 11 is 1.18. The standard InChI is InChI=1S/C18H19NO4S/c1-22-14-7-3-12(4-8-14)11-19(13-5-6-13)17(20)15-9-10-16(24-15)18(21)23-2/h3-4,7-10,13H,5-6,11H2,1-2H3. The van der Waals surface area contributed by atoms with Gasteiger partial charge in [-0.05, 0) is 42.7 Å². The fraction of sp³-hybridized carbons (Fsp3) is 0.333. The van der Waals surface area contributed by atoms with Gasteiger partial charge in [0.2, 0.25) is 0 Å². The Morgan fingerprint density at radius 1 is 1.08 bits per heavy atom. The first-order valence-corrected chi connectivity index (χ1v) is 8.56. The van der Waals surface area contributed by atoms with Crippen molar-refractivity contribution in [2.75, 3.05) is 14.2 Å². The van der Waals surface area contributed by atoms with Crippen LogP contribution in [0.25, 0.3) is 0 Å². The summed E-state index contributed by atoms with van der Waals surface area (Å²) in [6.45, 7) is 0.555. The van der Waals surface area contributed by atoms with Crippen molar-refractivity contribution < 1.29 is 19.1 Å². The van der Waals surface area contributed by atoms with E-state index in [1.54, 1.807) is 19.2 Å². The number of methoxy groups -OCH3 is 2. The molecule has 0 bridgehead atoms. The van der Waals surface area contributed by atoms with E-state index >= 15 is 0 Å². The molecule has 1 aliphatic carbocycles. The third kappa shape index (κ3) is 3.59. The Bertz CT molecular complexity index is 734. The van der Waals surface area contributed by atoms with Crippen LogP contribution in [-0.4, -0.2) is 37.0 Å². The number of rotatable bonds is 6. The predicted octanol–water partition coefficient (Wildman–Crippen LogP) is 3.35. The summed E-state index contributed by atoms with van der Waals surface area (Å²) in [5, 5.41) is 0. The van der Waals surface area contributed by atoms with Gasteiger partial charge < -0.3 is 14.4 Å². The number of ether oxygens (including phenoxy) is 2. The van der Waals surface area contributed by atoms with Crippen LogP contribution >= 0.6 is 11.3 Å². The second-order valence-corrected chi connectivity index (χ2v) is 6.75. The van der Waals surface area contributed by atoms with Gasteiger partial charge in [0.15, 0.2) is 0 Å². The first-order valence-electron chi connectivity index (χ1n) is 7.74. The van der Waals surface area contributed by atoms with Crippen LogP contribution in [0.2, 0.25) is 0 Å². The normalized spacial score (nSPS) is 13.4. The predicted molar refractivity (Wildman–Crippen MR) is 91.5 cm³/mol. The first kappa shape index (κ1) is 16.5. The number of benzene rings is 1. The van der Waals surface area contributed by atoms with Gasteiger partial charge in [-0.3, -0.25) is 4.79 Å². The number of carbonyl (C=O) groups excluding carboxylic acids is 2. The largest absolute Gasteiger partial charge is 0.497 e. The molecule has 6 heteroatoms. The van der Waals surface area contributed by atoms with Gasteiger partial charge in [-0.25, -0.2) is 4.79 Å². The van der Waals surface area contributed by atoms with Gasteiger partial charge in [0.25, 0.3) is 5.91 Å². The highest BCUT2D eigenvalue weighted by atomic mass is 32.1. The van der Waals surface area contributed by atoms with Crippen LogP contribution in [0.5, 0.6) is 5.75 Å². The highest BCUT2D eigenvalue weighted by Crippen LogP contribution is 2.31. The zero-order valence-electron chi connectivity index (χ0n) is 13.7. The van der Waals surface area contributed by atoms with E-state index in [1.807, 2.05) is 29.2 Å². The van der Waals surface area contributed by atoms with E-state index in [1.165, 1.54) is 18.4 Å². The van der Waals surface area contributed by atoms with Crippen LogP contribution in [0.15, 0.2) is 36.4 Å². The lowest BCUT2D eigenvalue weighted by molar-refractivity contribution is 0.0606. The summed E-state index contributed by atoms with van der Waals surface area (Å²) in [5.41, 5.74) is 1.06. The molecule has 1 aliphatic rings. The second kappa shape index (κ2) is 7.05. The summed E-state index contributed by atoms with van der Waals surface area (Å²) in [5.74, 6) is 0.352. The fourth-order valence-corrected chi connectivity index (χ4v) is 3.37. The molecule has 0 saturated heterocycles. The van der Waals surface area contributed by atoms with Crippen molar-refractivity contribution in [1.82, 2.24) is 4.90 Å². The lowest BCUT2D eigenvalue weighted by Crippen LogP contribution is -2.32. The third-order valence-corrected chi connectivity index (χ3v) is 5.02. The molecule has 0 spiro atoms. The molecular weight excluding hydrogens is 326 g/mol. The van der Waals surface area contributed by atoms with Crippen molar-refractivity contribution in [3.05, 3.63) is 51.7 Å². The molecule has 5 nitrogen and oxygen atoms in total. The van der Waals surface area contributed by atoms with Gasteiger partial charge in [-0.2, -0.15) is 0 Å². The molecule has 126 valence electrons. The highest BCUT2D eigenvalue weighted by molar-refractivity contribution is 7.15. The summed E-state index contributed by atoms with van der Waals surface area (Å²) in [4.78, 5) is 27.3. The number of esters is 1. The van der Waals surface area contributed by atoms with E-state index in [9.17, 15) is 9.59 Å². The van der Waals surface area contributed by atoms with Crippen LogP contribution in [0.1, 0.15) is 37.7 Å². The van der Waals surface area contributed by atoms with Crippen LogP contribution in [0.3, 0.4) is 0 Å². The van der Waals surface area contributed by atoms with Crippen molar-refractivity contribution in [1.29, 1.82) is 0 Å². The maximum absolute atomic E-state index is 12.8. The van der Waals surface area contributed by atoms with Crippen LogP contribution in [0.4, 0.5) is 0 Å². The number of hydrogen-bond donors (Lipinski definition) is 0. The molecule has 24 heavy (non-hydrogen) atoms. The van der Waals surface area contributed by atoms with E-state index in [0.29, 0.717) is 16.3 Å². The van der Waals surface area contributed by atoms with E-state index in [4.69, 9.17) is 9.47 Å². The average Bonchev–Trinajstić information content (AvgIpc) is 3.34. The number of nitrogens with zero attached hydrogens (tertiary/aromatic N) is 1. The smallest absolute Gasteiger partial charge is 0.348 e. The minimum Gasteiger partial charge on any atom is -0.497 e. The number of hydrogen-bond acceptors (Lipinski definition) is 5. The van der Waals surface area contributed by atoms with Crippen molar-refractivity contribution >= 4 is 23.2 Å². The van der Waals surface area contributed by atoms with Crippen LogP contribution < -0.4 is 4.74 Å². The Balaban J connectivity index is 1.76. The number of carbonyl (C=O) groups is 2. The molecule has 3 rings (SSSR count). The third-order valence-electron chi connectivity index (χ3n) is 3.96. The van der Waals surface area contributed by atoms with Gasteiger partial charge in [0.05, 0.1) is 19.1 Å². The van der Waals surface area contributed by atoms with E-state index in [-0.39, 0.29) is 11.9 Å². The summed E-state index contributed by atoms with van der Waals surface area (Å²) in [6, 6.07) is 11.3. The zero-order chi connectivity index (χ0) is 17.1. The summed E-state index contributed by atoms with van der Waals surface area (Å²) in [6.07, 6.45) is 2.05. The lowest BCUT2D eigenvalue weighted by Gasteiger charge is -2.22. The van der Waals surface area contributed by atoms with Gasteiger partial charge >= 0.3 is 5.97 Å². The molecule has 1 amide bonds. The molecule has 0 unspecified atom stereocenters. The molecule has 0 N–H and O–H groups in total. The Morgan fingerprint density at radius 3 is 2.33 bits per heavy atom. The summed E-state index contributed by atoms with van der Waals surface area (Å²) in [7, 11) is 2.97. The zero-order valence-corrected chi connectivity index (χ0v) is 14.5. The molecule has 0 atom stereocenters. The van der Waals surface area contributed by atoms with Gasteiger partial charge in [-0.1, -0.05) is 12.1 Å². The molecule has 1 fully saturated rings. The average molecular weight is 345 g/mol. The Hall–Kier alpha value is -2.34. The quantitative estimate of drug-likeness (QED) is 0.754. The Morgan fingerprint density at radius 2 is 1.75 bits per heavy atom. The molecule has 2 aromatic rings. The molecule has 1 heterocycles. The van der Waals surface area contributed by atoms with E-state index in [2.05, 4.69) is 0 Å². The first-order chi connectivity index (χ1) is 11.6. The molecular formula is C18H19NO4S. The van der Waals surface area contributed by atoms with Crippen molar-refractivity contribution in [3.8, 4) is 5.75 Å². The monoisotopic (exact) mass is 345 g/mol. The lowest BCUT2D eigenvalue weighted by atomic mass is 10.2. The maximum atomic E-state index is 12.8. The van der Waals surface area contributed by atoms with Crippen molar-refractivity contribution in [2.45, 2.75) is 25.4 Å². The number of thiophene rings is 1. The summed E-state index contributed by atoms with van der Waals surface area (Å²) < 4.78 is 9.87. The SMILES string of the molecule is COC(=O)c1ccc(C(=O)N(Cc2ccc(OC)cc2)C2CC2)s1. The maximum Gasteiger partial charge on any atom is 0.348 e. The second-order valence-electron chi connectivity index (χ2n) is 5.67. The number of amides is 1. The topological polar surface area (TPSA) is 55.8 Å². The van der Waals surface area contributed by atoms with Crippen molar-refractivity contribution in [3.63, 3.8) is 0 Å². The van der Waals surface area contributed by atoms with Gasteiger partial charge in [-0.15, -0.1) is 11.3 Å². The molecule has 1 aromatic heterocycles. The minimum absolute atomic E-state index is 0.0338. The van der Waals surface area contributed by atoms with E-state index in [0.717, 1.165) is 24.2 Å². The molecule has 1 aromatic carbocycles. The van der Waals surface area contributed by atoms with Crippen LogP contribution in [0, 0.1) is 0 Å². The molecule has 0 radical (unpaired) electrons. The van der Waals surface area contributed by atoms with Gasteiger partial charge in [0, 0.05) is 12.6 Å². The minimum atomic E-state index is -0.410. The van der Waals surface area contributed by atoms with Crippen LogP contribution in [-0.2, 0) is 11.3 Å². The Kier molecular flexibility index (Phi) is 4.85. The molecule has 0 aliphatic heterocycles. The molecule has 1 saturated carbocycles. The van der Waals surface area contributed by atoms with E-state index < -0.39 is 5.97 Å². The highest BCUT2D eigenvalue weighted by Gasteiger charge is 2.33. The Labute approximate surface area is 144 Å². The van der Waals surface area contributed by atoms with Crippen molar-refractivity contribution in [2.24, 2.45) is 0 Å². The van der Waals surface area contributed by atoms with Gasteiger partial charge in [0.1, 0.15) is 10.6 Å². The fourth-order valence-electron chi connectivity index (χ4n) is 2.49.